The fraction of sp³-hybridized carbons (Fsp3) is 1.00. The smallest absolute Gasteiger partial charge is 0.0901 e. The second-order valence-electron chi connectivity index (χ2n) is 4.18. The van der Waals surface area contributed by atoms with Crippen LogP contribution in [0.1, 0.15) is 33.6 Å². The molecule has 2 atom stereocenters. The first-order valence-electron chi connectivity index (χ1n) is 5.65. The zero-order chi connectivity index (χ0) is 10.4. The molecule has 2 unspecified atom stereocenters. The van der Waals surface area contributed by atoms with Crippen LogP contribution in [-0.4, -0.2) is 38.0 Å². The van der Waals surface area contributed by atoms with Gasteiger partial charge in [-0.15, -0.1) is 0 Å². The van der Waals surface area contributed by atoms with Crippen molar-refractivity contribution in [1.29, 1.82) is 0 Å². The van der Waals surface area contributed by atoms with Crippen molar-refractivity contribution in [3.05, 3.63) is 0 Å². The van der Waals surface area contributed by atoms with Gasteiger partial charge in [-0.05, 0) is 33.2 Å². The SMILES string of the molecule is CCNC1CCOC(C)(COCC)C1. The molecule has 0 amide bonds. The van der Waals surface area contributed by atoms with Gasteiger partial charge >= 0.3 is 0 Å². The van der Waals surface area contributed by atoms with Crippen molar-refractivity contribution in [2.24, 2.45) is 0 Å². The Kier molecular flexibility index (Phi) is 4.85. The first kappa shape index (κ1) is 12.0. The number of ether oxygens (including phenoxy) is 2. The third-order valence-corrected chi connectivity index (χ3v) is 2.70. The lowest BCUT2D eigenvalue weighted by Crippen LogP contribution is -2.47. The Hall–Kier alpha value is -0.120. The summed E-state index contributed by atoms with van der Waals surface area (Å²) in [6, 6.07) is 0.596. The van der Waals surface area contributed by atoms with Crippen molar-refractivity contribution in [2.75, 3.05) is 26.4 Å². The molecule has 0 spiro atoms. The summed E-state index contributed by atoms with van der Waals surface area (Å²) in [5, 5.41) is 3.48. The van der Waals surface area contributed by atoms with Crippen LogP contribution in [0.5, 0.6) is 0 Å². The van der Waals surface area contributed by atoms with Crippen LogP contribution in [0.3, 0.4) is 0 Å². The van der Waals surface area contributed by atoms with Gasteiger partial charge in [0.2, 0.25) is 0 Å². The topological polar surface area (TPSA) is 30.5 Å². The summed E-state index contributed by atoms with van der Waals surface area (Å²) < 4.78 is 11.2. The molecule has 0 aromatic carbocycles. The van der Waals surface area contributed by atoms with Crippen LogP contribution < -0.4 is 5.32 Å². The molecule has 1 fully saturated rings. The van der Waals surface area contributed by atoms with E-state index in [9.17, 15) is 0 Å². The Labute approximate surface area is 87.2 Å². The van der Waals surface area contributed by atoms with Crippen molar-refractivity contribution in [2.45, 2.75) is 45.3 Å². The van der Waals surface area contributed by atoms with Crippen LogP contribution in [0.25, 0.3) is 0 Å². The predicted octanol–water partition coefficient (Wildman–Crippen LogP) is 1.57. The first-order chi connectivity index (χ1) is 6.70. The Bertz CT molecular complexity index is 161. The van der Waals surface area contributed by atoms with Gasteiger partial charge in [0.1, 0.15) is 0 Å². The maximum atomic E-state index is 5.78. The Morgan fingerprint density at radius 1 is 1.50 bits per heavy atom. The molecule has 1 heterocycles. The normalized spacial score (nSPS) is 33.2. The predicted molar refractivity (Wildman–Crippen MR) is 57.5 cm³/mol. The summed E-state index contributed by atoms with van der Waals surface area (Å²) in [6.07, 6.45) is 2.18. The highest BCUT2D eigenvalue weighted by molar-refractivity contribution is 4.86. The number of rotatable bonds is 5. The molecule has 0 bridgehead atoms. The molecule has 0 aliphatic carbocycles. The van der Waals surface area contributed by atoms with Crippen LogP contribution in [0, 0.1) is 0 Å². The van der Waals surface area contributed by atoms with Gasteiger partial charge in [0, 0.05) is 19.3 Å². The van der Waals surface area contributed by atoms with E-state index in [2.05, 4.69) is 19.2 Å². The average Bonchev–Trinajstić information content (AvgIpc) is 2.16. The molecule has 0 radical (unpaired) electrons. The molecular formula is C11H23NO2. The van der Waals surface area contributed by atoms with Crippen molar-refractivity contribution in [3.63, 3.8) is 0 Å². The molecule has 84 valence electrons. The maximum Gasteiger partial charge on any atom is 0.0901 e. The Morgan fingerprint density at radius 2 is 2.29 bits per heavy atom. The van der Waals surface area contributed by atoms with E-state index < -0.39 is 0 Å². The van der Waals surface area contributed by atoms with Crippen LogP contribution in [0.4, 0.5) is 0 Å². The highest BCUT2D eigenvalue weighted by Gasteiger charge is 2.32. The fourth-order valence-corrected chi connectivity index (χ4v) is 2.01. The lowest BCUT2D eigenvalue weighted by molar-refractivity contribution is -0.117. The van der Waals surface area contributed by atoms with E-state index in [4.69, 9.17) is 9.47 Å². The molecule has 3 nitrogen and oxygen atoms in total. The van der Waals surface area contributed by atoms with E-state index in [0.717, 1.165) is 32.6 Å². The minimum atomic E-state index is -0.0822. The fourth-order valence-electron chi connectivity index (χ4n) is 2.01. The molecule has 1 aliphatic heterocycles. The molecule has 1 N–H and O–H groups in total. The minimum Gasteiger partial charge on any atom is -0.379 e. The molecule has 14 heavy (non-hydrogen) atoms. The van der Waals surface area contributed by atoms with Gasteiger partial charge in [-0.1, -0.05) is 6.92 Å². The summed E-state index contributed by atoms with van der Waals surface area (Å²) in [5.74, 6) is 0. The molecule has 1 rings (SSSR count). The Morgan fingerprint density at radius 3 is 2.93 bits per heavy atom. The van der Waals surface area contributed by atoms with Crippen molar-refractivity contribution < 1.29 is 9.47 Å². The highest BCUT2D eigenvalue weighted by Crippen LogP contribution is 2.25. The summed E-state index contributed by atoms with van der Waals surface area (Å²) in [6.45, 7) is 9.68. The Balaban J connectivity index is 2.36. The maximum absolute atomic E-state index is 5.78. The summed E-state index contributed by atoms with van der Waals surface area (Å²) in [7, 11) is 0. The lowest BCUT2D eigenvalue weighted by atomic mass is 9.93. The second-order valence-corrected chi connectivity index (χ2v) is 4.18. The van der Waals surface area contributed by atoms with Gasteiger partial charge in [-0.25, -0.2) is 0 Å². The van der Waals surface area contributed by atoms with E-state index in [1.807, 2.05) is 6.92 Å². The van der Waals surface area contributed by atoms with E-state index >= 15 is 0 Å². The van der Waals surface area contributed by atoms with Gasteiger partial charge in [0.25, 0.3) is 0 Å². The van der Waals surface area contributed by atoms with E-state index in [1.54, 1.807) is 0 Å². The van der Waals surface area contributed by atoms with Crippen LogP contribution in [-0.2, 0) is 9.47 Å². The largest absolute Gasteiger partial charge is 0.379 e. The zero-order valence-electron chi connectivity index (χ0n) is 9.64. The number of nitrogens with one attached hydrogen (secondary N) is 1. The van der Waals surface area contributed by atoms with Gasteiger partial charge in [0.15, 0.2) is 0 Å². The van der Waals surface area contributed by atoms with Gasteiger partial charge in [-0.3, -0.25) is 0 Å². The molecule has 0 aromatic rings. The van der Waals surface area contributed by atoms with Crippen LogP contribution in [0.2, 0.25) is 0 Å². The third-order valence-electron chi connectivity index (χ3n) is 2.70. The van der Waals surface area contributed by atoms with E-state index in [-0.39, 0.29) is 5.60 Å². The van der Waals surface area contributed by atoms with E-state index in [1.165, 1.54) is 0 Å². The zero-order valence-corrected chi connectivity index (χ0v) is 9.64. The number of hydrogen-bond acceptors (Lipinski definition) is 3. The molecule has 0 saturated carbocycles. The second kappa shape index (κ2) is 5.69. The molecule has 3 heteroatoms. The molecular weight excluding hydrogens is 178 g/mol. The monoisotopic (exact) mass is 201 g/mol. The summed E-state index contributed by atoms with van der Waals surface area (Å²) in [5.41, 5.74) is -0.0822. The van der Waals surface area contributed by atoms with Crippen LogP contribution >= 0.6 is 0 Å². The third kappa shape index (κ3) is 3.56. The minimum absolute atomic E-state index is 0.0822. The molecule has 1 aliphatic rings. The number of hydrogen-bond donors (Lipinski definition) is 1. The summed E-state index contributed by atoms with van der Waals surface area (Å²) >= 11 is 0. The average molecular weight is 201 g/mol. The highest BCUT2D eigenvalue weighted by atomic mass is 16.5. The van der Waals surface area contributed by atoms with Crippen molar-refractivity contribution >= 4 is 0 Å². The van der Waals surface area contributed by atoms with Crippen molar-refractivity contribution in [3.8, 4) is 0 Å². The van der Waals surface area contributed by atoms with Crippen molar-refractivity contribution in [1.82, 2.24) is 5.32 Å². The quantitative estimate of drug-likeness (QED) is 0.732. The molecule has 1 saturated heterocycles. The molecule has 0 aromatic heterocycles. The lowest BCUT2D eigenvalue weighted by Gasteiger charge is -2.38. The standard InChI is InChI=1S/C11H23NO2/c1-4-12-10-6-7-14-11(3,8-10)9-13-5-2/h10,12H,4-9H2,1-3H3. The summed E-state index contributed by atoms with van der Waals surface area (Å²) in [4.78, 5) is 0. The first-order valence-corrected chi connectivity index (χ1v) is 5.65. The van der Waals surface area contributed by atoms with E-state index in [0.29, 0.717) is 12.6 Å². The van der Waals surface area contributed by atoms with Crippen LogP contribution in [0.15, 0.2) is 0 Å². The van der Waals surface area contributed by atoms with Gasteiger partial charge < -0.3 is 14.8 Å². The van der Waals surface area contributed by atoms with Gasteiger partial charge in [-0.2, -0.15) is 0 Å². The van der Waals surface area contributed by atoms with Gasteiger partial charge in [0.05, 0.1) is 12.2 Å².